The van der Waals surface area contributed by atoms with E-state index < -0.39 is 0 Å². The molecule has 2 atom stereocenters. The van der Waals surface area contributed by atoms with E-state index in [1.54, 1.807) is 13.8 Å². The zero-order valence-corrected chi connectivity index (χ0v) is 13.9. The summed E-state index contributed by atoms with van der Waals surface area (Å²) in [5, 5.41) is 0. The van der Waals surface area contributed by atoms with Crippen molar-refractivity contribution in [2.75, 3.05) is 19.7 Å². The molecule has 1 heterocycles. The van der Waals surface area contributed by atoms with Crippen LogP contribution in [0.15, 0.2) is 30.3 Å². The first-order valence-electron chi connectivity index (χ1n) is 8.23. The summed E-state index contributed by atoms with van der Waals surface area (Å²) >= 11 is 0. The van der Waals surface area contributed by atoms with E-state index in [0.717, 1.165) is 13.1 Å². The largest absolute Gasteiger partial charge is 0.465 e. The predicted molar refractivity (Wildman–Crippen MR) is 86.6 cm³/mol. The van der Waals surface area contributed by atoms with Gasteiger partial charge in [0, 0.05) is 38.4 Å². The fourth-order valence-corrected chi connectivity index (χ4v) is 2.75. The summed E-state index contributed by atoms with van der Waals surface area (Å²) in [6.07, 6.45) is 0.507. The molecule has 0 spiro atoms. The fourth-order valence-electron chi connectivity index (χ4n) is 2.75. The topological polar surface area (TPSA) is 55.8 Å². The molecular weight excluding hydrogens is 294 g/mol. The van der Waals surface area contributed by atoms with Crippen LogP contribution in [0.2, 0.25) is 0 Å². The Morgan fingerprint density at radius 3 is 2.43 bits per heavy atom. The van der Waals surface area contributed by atoms with Gasteiger partial charge in [0.1, 0.15) is 6.10 Å². The highest BCUT2D eigenvalue weighted by Crippen LogP contribution is 2.23. The van der Waals surface area contributed by atoms with Crippen LogP contribution >= 0.6 is 0 Å². The third-order valence-electron chi connectivity index (χ3n) is 4.02. The fraction of sp³-hybridized carbons (Fsp3) is 0.556. The van der Waals surface area contributed by atoms with Gasteiger partial charge in [-0.25, -0.2) is 0 Å². The van der Waals surface area contributed by atoms with Gasteiger partial charge in [-0.3, -0.25) is 14.5 Å². The molecule has 1 aromatic rings. The van der Waals surface area contributed by atoms with E-state index in [-0.39, 0.29) is 24.0 Å². The summed E-state index contributed by atoms with van der Waals surface area (Å²) in [7, 11) is 0. The lowest BCUT2D eigenvalue weighted by Gasteiger charge is -2.18. The number of likely N-dealkylation sites (tertiary alicyclic amines) is 1. The number of hydrogen-bond acceptors (Lipinski definition) is 5. The van der Waals surface area contributed by atoms with Crippen molar-refractivity contribution >= 4 is 11.9 Å². The number of carbonyl (C=O) groups excluding carboxylic acids is 2. The molecule has 5 nitrogen and oxygen atoms in total. The van der Waals surface area contributed by atoms with E-state index >= 15 is 0 Å². The number of ether oxygens (including phenoxy) is 2. The van der Waals surface area contributed by atoms with Gasteiger partial charge in [-0.05, 0) is 5.56 Å². The Bertz CT molecular complexity index is 517. The Hall–Kier alpha value is -1.88. The summed E-state index contributed by atoms with van der Waals surface area (Å²) in [6.45, 7) is 6.10. The monoisotopic (exact) mass is 319 g/mol. The molecule has 1 aliphatic rings. The molecule has 0 amide bonds. The lowest BCUT2D eigenvalue weighted by Crippen LogP contribution is -2.29. The van der Waals surface area contributed by atoms with E-state index in [9.17, 15) is 9.59 Å². The van der Waals surface area contributed by atoms with Gasteiger partial charge in [-0.2, -0.15) is 0 Å². The van der Waals surface area contributed by atoms with Gasteiger partial charge in [0.25, 0.3) is 0 Å². The first-order valence-corrected chi connectivity index (χ1v) is 8.23. The van der Waals surface area contributed by atoms with Crippen LogP contribution in [0, 0.1) is 5.92 Å². The highest BCUT2D eigenvalue weighted by molar-refractivity contribution is 5.69. The molecule has 0 unspecified atom stereocenters. The Kier molecular flexibility index (Phi) is 6.59. The van der Waals surface area contributed by atoms with Crippen LogP contribution in [-0.4, -0.2) is 42.6 Å². The highest BCUT2D eigenvalue weighted by atomic mass is 16.6. The molecule has 0 N–H and O–H groups in total. The lowest BCUT2D eigenvalue weighted by molar-refractivity contribution is -0.152. The number of hydrogen-bond donors (Lipinski definition) is 0. The van der Waals surface area contributed by atoms with Crippen molar-refractivity contribution in [2.45, 2.75) is 39.3 Å². The van der Waals surface area contributed by atoms with Crippen LogP contribution < -0.4 is 0 Å². The van der Waals surface area contributed by atoms with E-state index in [1.807, 2.05) is 18.2 Å². The van der Waals surface area contributed by atoms with Gasteiger partial charge in [-0.1, -0.05) is 44.2 Å². The molecular formula is C18H25NO4. The molecule has 0 aliphatic carbocycles. The Morgan fingerprint density at radius 2 is 1.78 bits per heavy atom. The Morgan fingerprint density at radius 1 is 1.09 bits per heavy atom. The maximum atomic E-state index is 11.6. The van der Waals surface area contributed by atoms with Crippen LogP contribution in [0.4, 0.5) is 0 Å². The second-order valence-electron chi connectivity index (χ2n) is 5.86. The van der Waals surface area contributed by atoms with Gasteiger partial charge in [-0.15, -0.1) is 0 Å². The van der Waals surface area contributed by atoms with Crippen LogP contribution in [0.1, 0.15) is 32.3 Å². The van der Waals surface area contributed by atoms with Crippen molar-refractivity contribution in [3.05, 3.63) is 35.9 Å². The van der Waals surface area contributed by atoms with Crippen LogP contribution in [-0.2, 0) is 25.6 Å². The van der Waals surface area contributed by atoms with Crippen LogP contribution in [0.5, 0.6) is 0 Å². The molecule has 1 aromatic carbocycles. The summed E-state index contributed by atoms with van der Waals surface area (Å²) < 4.78 is 10.8. The molecule has 0 radical (unpaired) electrons. The Labute approximate surface area is 137 Å². The van der Waals surface area contributed by atoms with E-state index in [4.69, 9.17) is 9.47 Å². The van der Waals surface area contributed by atoms with Crippen molar-refractivity contribution in [3.63, 3.8) is 0 Å². The minimum Gasteiger partial charge on any atom is -0.465 e. The van der Waals surface area contributed by atoms with Gasteiger partial charge >= 0.3 is 11.9 Å². The smallest absolute Gasteiger partial charge is 0.305 e. The number of esters is 2. The maximum absolute atomic E-state index is 11.6. The van der Waals surface area contributed by atoms with E-state index in [0.29, 0.717) is 26.0 Å². The molecule has 0 saturated carbocycles. The van der Waals surface area contributed by atoms with Crippen molar-refractivity contribution in [3.8, 4) is 0 Å². The molecule has 23 heavy (non-hydrogen) atoms. The summed E-state index contributed by atoms with van der Waals surface area (Å²) in [6, 6.07) is 10.2. The second kappa shape index (κ2) is 8.67. The lowest BCUT2D eigenvalue weighted by atomic mass is 10.1. The third kappa shape index (κ3) is 5.36. The van der Waals surface area contributed by atoms with Crippen LogP contribution in [0.3, 0.4) is 0 Å². The summed E-state index contributed by atoms with van der Waals surface area (Å²) in [5.74, 6) is -0.389. The maximum Gasteiger partial charge on any atom is 0.305 e. The molecule has 1 fully saturated rings. The number of nitrogens with zero attached hydrogens (tertiary/aromatic N) is 1. The quantitative estimate of drug-likeness (QED) is 0.722. The average molecular weight is 319 g/mol. The molecule has 5 heteroatoms. The predicted octanol–water partition coefficient (Wildman–Crippen LogP) is 2.39. The zero-order valence-electron chi connectivity index (χ0n) is 13.9. The highest BCUT2D eigenvalue weighted by Gasteiger charge is 2.36. The molecule has 2 rings (SSSR count). The van der Waals surface area contributed by atoms with Crippen molar-refractivity contribution < 1.29 is 19.1 Å². The van der Waals surface area contributed by atoms with Gasteiger partial charge in [0.15, 0.2) is 0 Å². The van der Waals surface area contributed by atoms with Gasteiger partial charge in [0.05, 0.1) is 6.61 Å². The zero-order chi connectivity index (χ0) is 16.7. The SMILES string of the molecule is CCC(=O)OC[C@H]1CN(Cc2ccccc2)C[C@@H]1OC(=O)CC. The minimum atomic E-state index is -0.216. The normalized spacial score (nSPS) is 21.1. The van der Waals surface area contributed by atoms with Crippen molar-refractivity contribution in [1.82, 2.24) is 4.90 Å². The first kappa shape index (κ1) is 17.5. The van der Waals surface area contributed by atoms with E-state index in [1.165, 1.54) is 5.56 Å². The van der Waals surface area contributed by atoms with Crippen molar-refractivity contribution in [2.24, 2.45) is 5.92 Å². The number of carbonyl (C=O) groups is 2. The summed E-state index contributed by atoms with van der Waals surface area (Å²) in [4.78, 5) is 25.3. The average Bonchev–Trinajstić information content (AvgIpc) is 2.94. The van der Waals surface area contributed by atoms with Gasteiger partial charge < -0.3 is 9.47 Å². The molecule has 0 aromatic heterocycles. The molecule has 1 saturated heterocycles. The standard InChI is InChI=1S/C18H25NO4/c1-3-17(20)22-13-15-11-19(10-14-8-6-5-7-9-14)12-16(15)23-18(21)4-2/h5-9,15-16H,3-4,10-13H2,1-2H3/t15-,16+/m1/s1. The molecule has 1 aliphatic heterocycles. The van der Waals surface area contributed by atoms with Crippen LogP contribution in [0.25, 0.3) is 0 Å². The Balaban J connectivity index is 1.95. The van der Waals surface area contributed by atoms with Gasteiger partial charge in [0.2, 0.25) is 0 Å². The first-order chi connectivity index (χ1) is 11.1. The van der Waals surface area contributed by atoms with Crippen molar-refractivity contribution in [1.29, 1.82) is 0 Å². The number of rotatable bonds is 7. The molecule has 126 valence electrons. The van der Waals surface area contributed by atoms with E-state index in [2.05, 4.69) is 17.0 Å². The minimum absolute atomic E-state index is 0.0321. The summed E-state index contributed by atoms with van der Waals surface area (Å²) in [5.41, 5.74) is 1.22. The number of benzene rings is 1. The molecule has 0 bridgehead atoms. The third-order valence-corrected chi connectivity index (χ3v) is 4.02. The second-order valence-corrected chi connectivity index (χ2v) is 5.86.